The minimum absolute atomic E-state index is 0.626. The normalized spacial score (nSPS) is 10.6. The molecular formula is C16H17BrClNO. The molecule has 2 nitrogen and oxygen atoms in total. The molecule has 2 aromatic carbocycles. The molecule has 0 aliphatic carbocycles. The summed E-state index contributed by atoms with van der Waals surface area (Å²) in [7, 11) is 0. The van der Waals surface area contributed by atoms with E-state index in [1.54, 1.807) is 0 Å². The van der Waals surface area contributed by atoms with Crippen molar-refractivity contribution < 1.29 is 4.74 Å². The zero-order chi connectivity index (χ0) is 14.4. The first-order valence-corrected chi connectivity index (χ1v) is 7.79. The lowest BCUT2D eigenvalue weighted by molar-refractivity contribution is 0.472. The van der Waals surface area contributed by atoms with Gasteiger partial charge in [-0.2, -0.15) is 0 Å². The van der Waals surface area contributed by atoms with Crippen LogP contribution in [-0.4, -0.2) is 6.54 Å². The highest BCUT2D eigenvalue weighted by molar-refractivity contribution is 9.10. The van der Waals surface area contributed by atoms with Crippen molar-refractivity contribution in [1.82, 2.24) is 5.32 Å². The first-order chi connectivity index (χ1) is 9.70. The Morgan fingerprint density at radius 2 is 2.00 bits per heavy atom. The van der Waals surface area contributed by atoms with Crippen molar-refractivity contribution in [1.29, 1.82) is 0 Å². The Kier molecular flexibility index (Phi) is 5.89. The van der Waals surface area contributed by atoms with E-state index in [4.69, 9.17) is 16.3 Å². The van der Waals surface area contributed by atoms with Crippen LogP contribution in [0.3, 0.4) is 0 Å². The minimum atomic E-state index is 0.626. The van der Waals surface area contributed by atoms with Crippen molar-refractivity contribution in [3.8, 4) is 11.5 Å². The lowest BCUT2D eigenvalue weighted by Gasteiger charge is -2.13. The molecule has 0 saturated carbocycles. The lowest BCUT2D eigenvalue weighted by Crippen LogP contribution is -2.14. The summed E-state index contributed by atoms with van der Waals surface area (Å²) in [5.41, 5.74) is 1.06. The monoisotopic (exact) mass is 353 g/mol. The van der Waals surface area contributed by atoms with Crippen LogP contribution in [0.4, 0.5) is 0 Å². The number of hydrogen-bond donors (Lipinski definition) is 1. The third-order valence-electron chi connectivity index (χ3n) is 2.81. The van der Waals surface area contributed by atoms with E-state index in [1.165, 1.54) is 0 Å². The fourth-order valence-electron chi connectivity index (χ4n) is 1.86. The molecule has 0 heterocycles. The first-order valence-electron chi connectivity index (χ1n) is 6.62. The van der Waals surface area contributed by atoms with E-state index in [-0.39, 0.29) is 0 Å². The highest BCUT2D eigenvalue weighted by Crippen LogP contribution is 2.33. The molecule has 20 heavy (non-hydrogen) atoms. The molecule has 4 heteroatoms. The average molecular weight is 355 g/mol. The quantitative estimate of drug-likeness (QED) is 0.702. The van der Waals surface area contributed by atoms with Crippen molar-refractivity contribution in [2.24, 2.45) is 0 Å². The first kappa shape index (κ1) is 15.4. The van der Waals surface area contributed by atoms with Crippen LogP contribution in [-0.2, 0) is 6.54 Å². The van der Waals surface area contributed by atoms with E-state index in [0.717, 1.165) is 41.0 Å². The number of rotatable bonds is 6. The maximum absolute atomic E-state index is 6.27. The molecule has 0 aromatic heterocycles. The summed E-state index contributed by atoms with van der Waals surface area (Å²) < 4.78 is 6.93. The molecule has 106 valence electrons. The summed E-state index contributed by atoms with van der Waals surface area (Å²) in [5, 5.41) is 3.99. The molecule has 0 atom stereocenters. The Bertz CT molecular complexity index is 574. The molecule has 2 rings (SSSR count). The van der Waals surface area contributed by atoms with Crippen LogP contribution in [0.2, 0.25) is 5.02 Å². The second-order valence-electron chi connectivity index (χ2n) is 4.46. The van der Waals surface area contributed by atoms with Crippen molar-refractivity contribution in [3.63, 3.8) is 0 Å². The Morgan fingerprint density at radius 3 is 2.75 bits per heavy atom. The highest BCUT2D eigenvalue weighted by atomic mass is 79.9. The number of hydrogen-bond acceptors (Lipinski definition) is 2. The molecule has 1 N–H and O–H groups in total. The van der Waals surface area contributed by atoms with E-state index in [1.807, 2.05) is 42.5 Å². The zero-order valence-corrected chi connectivity index (χ0v) is 13.7. The average Bonchev–Trinajstić information content (AvgIpc) is 2.43. The van der Waals surface area contributed by atoms with Crippen molar-refractivity contribution in [2.75, 3.05) is 6.54 Å². The van der Waals surface area contributed by atoms with Gasteiger partial charge in [0.1, 0.15) is 11.5 Å². The summed E-state index contributed by atoms with van der Waals surface area (Å²) in [5.74, 6) is 1.49. The standard InChI is InChI=1S/C16H17BrClNO/c1-2-9-19-11-12-5-3-8-15(18)16(12)20-14-7-4-6-13(17)10-14/h3-8,10,19H,2,9,11H2,1H3. The van der Waals surface area contributed by atoms with E-state index in [9.17, 15) is 0 Å². The molecule has 0 aliphatic heterocycles. The summed E-state index contributed by atoms with van der Waals surface area (Å²) in [6.07, 6.45) is 1.10. The maximum atomic E-state index is 6.27. The van der Waals surface area contributed by atoms with Crippen LogP contribution in [0, 0.1) is 0 Å². The molecule has 0 amide bonds. The van der Waals surface area contributed by atoms with Gasteiger partial charge in [-0.05, 0) is 37.2 Å². The summed E-state index contributed by atoms with van der Waals surface area (Å²) in [6, 6.07) is 13.6. The molecule has 0 bridgehead atoms. The predicted molar refractivity (Wildman–Crippen MR) is 87.7 cm³/mol. The number of halogens is 2. The number of ether oxygens (including phenoxy) is 1. The third-order valence-corrected chi connectivity index (χ3v) is 3.60. The second-order valence-corrected chi connectivity index (χ2v) is 5.79. The largest absolute Gasteiger partial charge is 0.455 e. The molecule has 0 unspecified atom stereocenters. The Labute approximate surface area is 133 Å². The van der Waals surface area contributed by atoms with Gasteiger partial charge < -0.3 is 10.1 Å². The van der Waals surface area contributed by atoms with E-state index >= 15 is 0 Å². The van der Waals surface area contributed by atoms with Crippen LogP contribution in [0.15, 0.2) is 46.9 Å². The summed E-state index contributed by atoms with van der Waals surface area (Å²) in [6.45, 7) is 3.87. The second kappa shape index (κ2) is 7.67. The topological polar surface area (TPSA) is 21.3 Å². The van der Waals surface area contributed by atoms with Crippen molar-refractivity contribution in [3.05, 3.63) is 57.5 Å². The Hall–Kier alpha value is -1.03. The van der Waals surface area contributed by atoms with E-state index in [0.29, 0.717) is 5.02 Å². The molecule has 0 radical (unpaired) electrons. The number of benzene rings is 2. The van der Waals surface area contributed by atoms with Crippen molar-refractivity contribution in [2.45, 2.75) is 19.9 Å². The number of nitrogens with one attached hydrogen (secondary N) is 1. The fourth-order valence-corrected chi connectivity index (χ4v) is 2.47. The van der Waals surface area contributed by atoms with Gasteiger partial charge in [-0.3, -0.25) is 0 Å². The van der Waals surface area contributed by atoms with Gasteiger partial charge in [0, 0.05) is 16.6 Å². The molecule has 0 aliphatic rings. The third kappa shape index (κ3) is 4.23. The molecule has 0 fully saturated rings. The van der Waals surface area contributed by atoms with Crippen molar-refractivity contribution >= 4 is 27.5 Å². The molecular weight excluding hydrogens is 338 g/mol. The van der Waals surface area contributed by atoms with Crippen LogP contribution < -0.4 is 10.1 Å². The van der Waals surface area contributed by atoms with Gasteiger partial charge in [-0.15, -0.1) is 0 Å². The minimum Gasteiger partial charge on any atom is -0.455 e. The summed E-state index contributed by atoms with van der Waals surface area (Å²) >= 11 is 9.71. The van der Waals surface area contributed by atoms with Crippen LogP contribution in [0.5, 0.6) is 11.5 Å². The van der Waals surface area contributed by atoms with E-state index in [2.05, 4.69) is 28.2 Å². The molecule has 0 saturated heterocycles. The van der Waals surface area contributed by atoms with Crippen LogP contribution in [0.1, 0.15) is 18.9 Å². The highest BCUT2D eigenvalue weighted by Gasteiger charge is 2.09. The van der Waals surface area contributed by atoms with E-state index < -0.39 is 0 Å². The SMILES string of the molecule is CCCNCc1cccc(Cl)c1Oc1cccc(Br)c1. The lowest BCUT2D eigenvalue weighted by atomic mass is 10.2. The van der Waals surface area contributed by atoms with Gasteiger partial charge in [-0.1, -0.05) is 52.7 Å². The smallest absolute Gasteiger partial charge is 0.150 e. The van der Waals surface area contributed by atoms with Crippen LogP contribution in [0.25, 0.3) is 0 Å². The maximum Gasteiger partial charge on any atom is 0.150 e. The van der Waals surface area contributed by atoms with Gasteiger partial charge >= 0.3 is 0 Å². The Balaban J connectivity index is 2.21. The van der Waals surface area contributed by atoms with Gasteiger partial charge in [0.25, 0.3) is 0 Å². The molecule has 2 aromatic rings. The predicted octanol–water partition coefficient (Wildman–Crippen LogP) is 5.39. The van der Waals surface area contributed by atoms with Crippen LogP contribution >= 0.6 is 27.5 Å². The van der Waals surface area contributed by atoms with Gasteiger partial charge in [0.2, 0.25) is 0 Å². The number of para-hydroxylation sites is 1. The van der Waals surface area contributed by atoms with Gasteiger partial charge in [0.15, 0.2) is 0 Å². The Morgan fingerprint density at radius 1 is 1.20 bits per heavy atom. The zero-order valence-electron chi connectivity index (χ0n) is 11.3. The molecule has 0 spiro atoms. The summed E-state index contributed by atoms with van der Waals surface area (Å²) in [4.78, 5) is 0. The fraction of sp³-hybridized carbons (Fsp3) is 0.250. The van der Waals surface area contributed by atoms with Gasteiger partial charge in [-0.25, -0.2) is 0 Å². The van der Waals surface area contributed by atoms with Gasteiger partial charge in [0.05, 0.1) is 5.02 Å².